The van der Waals surface area contributed by atoms with Gasteiger partial charge in [-0.05, 0) is 11.1 Å². The summed E-state index contributed by atoms with van der Waals surface area (Å²) in [5, 5.41) is 9.58. The molecule has 25 heavy (non-hydrogen) atoms. The maximum atomic E-state index is 12.4. The molecule has 126 valence electrons. The summed E-state index contributed by atoms with van der Waals surface area (Å²) in [4.78, 5) is 12.4. The zero-order valence-corrected chi connectivity index (χ0v) is 13.9. The Hall–Kier alpha value is -3.16. The van der Waals surface area contributed by atoms with Crippen molar-refractivity contribution in [2.45, 2.75) is 0 Å². The van der Waals surface area contributed by atoms with Crippen LogP contribution in [0.1, 0.15) is 11.1 Å². The minimum atomic E-state index is -0.660. The van der Waals surface area contributed by atoms with E-state index in [9.17, 15) is 10.1 Å². The molecule has 0 aromatic heterocycles. The summed E-state index contributed by atoms with van der Waals surface area (Å²) in [5.74, 6) is -0.660. The van der Waals surface area contributed by atoms with Gasteiger partial charge in [-0.15, -0.1) is 6.58 Å². The fraction of sp³-hybridized carbons (Fsp3) is 0.143. The molecule has 2 aromatic rings. The van der Waals surface area contributed by atoms with E-state index in [1.54, 1.807) is 6.08 Å². The van der Waals surface area contributed by atoms with Crippen LogP contribution in [0.3, 0.4) is 0 Å². The van der Waals surface area contributed by atoms with E-state index in [-0.39, 0.29) is 18.8 Å². The minimum absolute atomic E-state index is 0.0267. The number of nitrogens with zero attached hydrogens (tertiary/aromatic N) is 1. The lowest BCUT2D eigenvalue weighted by Gasteiger charge is -2.11. The number of ether oxygens (including phenoxy) is 2. The molecule has 0 bridgehead atoms. The largest absolute Gasteiger partial charge is 0.459 e. The average molecular weight is 333 g/mol. The smallest absolute Gasteiger partial charge is 0.349 e. The predicted octanol–water partition coefficient (Wildman–Crippen LogP) is 3.76. The number of carbonyl (C=O) groups excluding carboxylic acids is 1. The van der Waals surface area contributed by atoms with Gasteiger partial charge in [-0.1, -0.05) is 66.7 Å². The van der Waals surface area contributed by atoms with Crippen LogP contribution < -0.4 is 0 Å². The van der Waals surface area contributed by atoms with Crippen molar-refractivity contribution in [3.8, 4) is 6.07 Å². The van der Waals surface area contributed by atoms with Crippen molar-refractivity contribution >= 4 is 11.5 Å². The second-order valence-electron chi connectivity index (χ2n) is 5.09. The molecular weight excluding hydrogens is 314 g/mol. The van der Waals surface area contributed by atoms with Crippen LogP contribution in [0.15, 0.2) is 78.9 Å². The Morgan fingerprint density at radius 1 is 1.00 bits per heavy atom. The van der Waals surface area contributed by atoms with Crippen LogP contribution >= 0.6 is 0 Å². The van der Waals surface area contributed by atoms with Crippen LogP contribution in [-0.2, 0) is 14.3 Å². The summed E-state index contributed by atoms with van der Waals surface area (Å²) >= 11 is 0. The van der Waals surface area contributed by atoms with Gasteiger partial charge in [0.1, 0.15) is 18.2 Å². The topological polar surface area (TPSA) is 59.3 Å². The number of hydrogen-bond acceptors (Lipinski definition) is 4. The number of nitriles is 1. The van der Waals surface area contributed by atoms with Crippen molar-refractivity contribution in [2.75, 3.05) is 19.8 Å². The van der Waals surface area contributed by atoms with E-state index in [1.165, 1.54) is 0 Å². The summed E-state index contributed by atoms with van der Waals surface area (Å²) in [7, 11) is 0. The molecule has 0 aliphatic heterocycles. The first-order chi connectivity index (χ1) is 12.3. The van der Waals surface area contributed by atoms with Crippen LogP contribution in [0.25, 0.3) is 5.57 Å². The zero-order valence-electron chi connectivity index (χ0n) is 13.9. The van der Waals surface area contributed by atoms with E-state index < -0.39 is 5.97 Å². The van der Waals surface area contributed by atoms with Crippen LogP contribution in [-0.4, -0.2) is 25.8 Å². The number of benzene rings is 2. The highest BCUT2D eigenvalue weighted by molar-refractivity contribution is 6.05. The molecule has 0 radical (unpaired) electrons. The van der Waals surface area contributed by atoms with Gasteiger partial charge in [0.05, 0.1) is 13.2 Å². The lowest BCUT2D eigenvalue weighted by molar-refractivity contribution is -0.139. The van der Waals surface area contributed by atoms with Crippen molar-refractivity contribution in [3.63, 3.8) is 0 Å². The highest BCUT2D eigenvalue weighted by Gasteiger charge is 2.19. The molecule has 0 aliphatic rings. The Balaban J connectivity index is 2.33. The molecule has 0 spiro atoms. The monoisotopic (exact) mass is 333 g/mol. The van der Waals surface area contributed by atoms with Gasteiger partial charge < -0.3 is 9.47 Å². The van der Waals surface area contributed by atoms with E-state index in [0.717, 1.165) is 11.1 Å². The van der Waals surface area contributed by atoms with E-state index in [0.29, 0.717) is 12.2 Å². The van der Waals surface area contributed by atoms with Gasteiger partial charge in [-0.3, -0.25) is 0 Å². The van der Waals surface area contributed by atoms with Gasteiger partial charge in [-0.2, -0.15) is 5.26 Å². The van der Waals surface area contributed by atoms with Crippen LogP contribution in [0.5, 0.6) is 0 Å². The maximum Gasteiger partial charge on any atom is 0.349 e. The third kappa shape index (κ3) is 5.17. The summed E-state index contributed by atoms with van der Waals surface area (Å²) in [6.45, 7) is 4.26. The molecule has 4 heteroatoms. The van der Waals surface area contributed by atoms with Crippen molar-refractivity contribution in [1.82, 2.24) is 0 Å². The van der Waals surface area contributed by atoms with E-state index in [2.05, 4.69) is 6.58 Å². The van der Waals surface area contributed by atoms with Crippen LogP contribution in [0, 0.1) is 11.3 Å². The van der Waals surface area contributed by atoms with Crippen molar-refractivity contribution in [1.29, 1.82) is 5.26 Å². The van der Waals surface area contributed by atoms with Crippen LogP contribution in [0.4, 0.5) is 0 Å². The third-order valence-corrected chi connectivity index (χ3v) is 3.39. The van der Waals surface area contributed by atoms with Gasteiger partial charge in [0.25, 0.3) is 0 Å². The SMILES string of the molecule is C=CCOCCOC(=O)C(C#N)=C(c1ccccc1)c1ccccc1. The Labute approximate surface area is 147 Å². The summed E-state index contributed by atoms with van der Waals surface area (Å²) in [6, 6.07) is 20.7. The molecule has 0 atom stereocenters. The summed E-state index contributed by atoms with van der Waals surface area (Å²) in [6.07, 6.45) is 1.62. The van der Waals surface area contributed by atoms with E-state index in [1.807, 2.05) is 66.7 Å². The Morgan fingerprint density at radius 2 is 1.56 bits per heavy atom. The van der Waals surface area contributed by atoms with Gasteiger partial charge in [0, 0.05) is 5.57 Å². The first kappa shape index (κ1) is 18.2. The Bertz CT molecular complexity index is 732. The molecule has 0 saturated carbocycles. The number of hydrogen-bond donors (Lipinski definition) is 0. The molecule has 0 unspecified atom stereocenters. The molecular formula is C21H19NO3. The number of carbonyl (C=O) groups is 1. The molecule has 4 nitrogen and oxygen atoms in total. The van der Waals surface area contributed by atoms with Gasteiger partial charge >= 0.3 is 5.97 Å². The zero-order chi connectivity index (χ0) is 17.9. The lowest BCUT2D eigenvalue weighted by Crippen LogP contribution is -2.13. The first-order valence-corrected chi connectivity index (χ1v) is 7.89. The fourth-order valence-electron chi connectivity index (χ4n) is 2.30. The molecule has 2 aromatic carbocycles. The minimum Gasteiger partial charge on any atom is -0.459 e. The van der Waals surface area contributed by atoms with Crippen LogP contribution in [0.2, 0.25) is 0 Å². The van der Waals surface area contributed by atoms with E-state index in [4.69, 9.17) is 9.47 Å². The molecule has 0 heterocycles. The normalized spacial score (nSPS) is 9.72. The maximum absolute atomic E-state index is 12.4. The average Bonchev–Trinajstić information content (AvgIpc) is 2.67. The quantitative estimate of drug-likeness (QED) is 0.243. The second kappa shape index (κ2) is 9.86. The van der Waals surface area contributed by atoms with Crippen molar-refractivity contribution in [2.24, 2.45) is 0 Å². The number of esters is 1. The Kier molecular flexibility index (Phi) is 7.17. The first-order valence-electron chi connectivity index (χ1n) is 7.89. The van der Waals surface area contributed by atoms with Gasteiger partial charge in [-0.25, -0.2) is 4.79 Å². The molecule has 0 aliphatic carbocycles. The lowest BCUT2D eigenvalue weighted by atomic mass is 9.93. The summed E-state index contributed by atoms with van der Waals surface area (Å²) in [5.41, 5.74) is 2.09. The molecule has 0 fully saturated rings. The van der Waals surface area contributed by atoms with E-state index >= 15 is 0 Å². The highest BCUT2D eigenvalue weighted by atomic mass is 16.6. The van der Waals surface area contributed by atoms with Gasteiger partial charge in [0.2, 0.25) is 0 Å². The predicted molar refractivity (Wildman–Crippen MR) is 96.5 cm³/mol. The fourth-order valence-corrected chi connectivity index (χ4v) is 2.30. The van der Waals surface area contributed by atoms with Gasteiger partial charge in [0.15, 0.2) is 0 Å². The Morgan fingerprint density at radius 3 is 2.04 bits per heavy atom. The second-order valence-corrected chi connectivity index (χ2v) is 5.09. The van der Waals surface area contributed by atoms with Crippen molar-refractivity contribution in [3.05, 3.63) is 90.0 Å². The molecule has 0 N–H and O–H groups in total. The highest BCUT2D eigenvalue weighted by Crippen LogP contribution is 2.27. The number of rotatable bonds is 8. The van der Waals surface area contributed by atoms with Crippen molar-refractivity contribution < 1.29 is 14.3 Å². The molecule has 0 saturated heterocycles. The standard InChI is InChI=1S/C21H19NO3/c1-2-13-24-14-15-25-21(23)19(16-22)20(17-9-5-3-6-10-17)18-11-7-4-8-12-18/h2-12H,1,13-15H2. The molecule has 0 amide bonds. The molecule has 2 rings (SSSR count). The third-order valence-electron chi connectivity index (χ3n) is 3.39. The summed E-state index contributed by atoms with van der Waals surface area (Å²) < 4.78 is 10.4.